The zero-order valence-corrected chi connectivity index (χ0v) is 11.0. The Kier molecular flexibility index (Phi) is 4.40. The summed E-state index contributed by atoms with van der Waals surface area (Å²) in [5.74, 6) is 0.398. The van der Waals surface area contributed by atoms with E-state index in [2.05, 4.69) is 29.4 Å². The molecule has 0 aromatic carbocycles. The quantitative estimate of drug-likeness (QED) is 0.754. The first-order valence-electron chi connectivity index (χ1n) is 6.93. The van der Waals surface area contributed by atoms with Gasteiger partial charge in [0.25, 0.3) is 0 Å². The summed E-state index contributed by atoms with van der Waals surface area (Å²) in [6, 6.07) is 0.809. The average molecular weight is 239 g/mol. The van der Waals surface area contributed by atoms with E-state index in [0.717, 1.165) is 19.5 Å². The summed E-state index contributed by atoms with van der Waals surface area (Å²) in [7, 11) is 0. The van der Waals surface area contributed by atoms with E-state index >= 15 is 0 Å². The van der Waals surface area contributed by atoms with Crippen molar-refractivity contribution in [3.8, 4) is 0 Å². The smallest absolute Gasteiger partial charge is 0.224 e. The first-order chi connectivity index (χ1) is 8.18. The monoisotopic (exact) mass is 239 g/mol. The number of amides is 1. The van der Waals surface area contributed by atoms with Crippen LogP contribution in [-0.2, 0) is 4.79 Å². The van der Waals surface area contributed by atoms with Crippen molar-refractivity contribution in [2.75, 3.05) is 26.2 Å². The van der Waals surface area contributed by atoms with Crippen LogP contribution in [-0.4, -0.2) is 49.1 Å². The molecule has 3 atom stereocenters. The highest BCUT2D eigenvalue weighted by atomic mass is 16.1. The number of rotatable bonds is 4. The van der Waals surface area contributed by atoms with Crippen LogP contribution in [0.1, 0.15) is 33.1 Å². The maximum Gasteiger partial charge on any atom is 0.224 e. The second kappa shape index (κ2) is 5.83. The molecule has 1 amide bonds. The van der Waals surface area contributed by atoms with Gasteiger partial charge in [-0.25, -0.2) is 0 Å². The van der Waals surface area contributed by atoms with E-state index in [0.29, 0.717) is 12.1 Å². The van der Waals surface area contributed by atoms with Gasteiger partial charge in [-0.15, -0.1) is 0 Å². The fourth-order valence-electron chi connectivity index (χ4n) is 2.91. The van der Waals surface area contributed by atoms with E-state index in [1.165, 1.54) is 25.9 Å². The number of nitrogens with zero attached hydrogens (tertiary/aromatic N) is 1. The summed E-state index contributed by atoms with van der Waals surface area (Å²) in [5, 5.41) is 6.43. The van der Waals surface area contributed by atoms with Crippen molar-refractivity contribution in [3.05, 3.63) is 0 Å². The van der Waals surface area contributed by atoms with Crippen LogP contribution in [0.5, 0.6) is 0 Å². The maximum atomic E-state index is 12.0. The molecule has 2 saturated heterocycles. The van der Waals surface area contributed by atoms with Gasteiger partial charge in [-0.05, 0) is 52.7 Å². The molecule has 0 radical (unpaired) electrons. The average Bonchev–Trinajstić information content (AvgIpc) is 2.95. The Bertz CT molecular complexity index is 263. The van der Waals surface area contributed by atoms with Crippen LogP contribution in [0, 0.1) is 5.92 Å². The summed E-state index contributed by atoms with van der Waals surface area (Å²) < 4.78 is 0. The molecule has 0 spiro atoms. The fraction of sp³-hybridized carbons (Fsp3) is 0.923. The number of nitrogens with one attached hydrogen (secondary N) is 2. The summed E-state index contributed by atoms with van der Waals surface area (Å²) in [4.78, 5) is 14.5. The molecule has 4 heteroatoms. The molecule has 2 fully saturated rings. The third kappa shape index (κ3) is 3.19. The Balaban J connectivity index is 1.71. The normalized spacial score (nSPS) is 31.6. The van der Waals surface area contributed by atoms with Gasteiger partial charge in [-0.2, -0.15) is 0 Å². The number of carbonyl (C=O) groups excluding carboxylic acids is 1. The summed E-state index contributed by atoms with van der Waals surface area (Å²) >= 11 is 0. The first kappa shape index (κ1) is 12.8. The minimum Gasteiger partial charge on any atom is -0.354 e. The molecule has 2 rings (SSSR count). The molecule has 0 aromatic rings. The molecule has 2 aliphatic heterocycles. The fourth-order valence-corrected chi connectivity index (χ4v) is 2.91. The third-order valence-corrected chi connectivity index (χ3v) is 4.20. The van der Waals surface area contributed by atoms with Crippen molar-refractivity contribution in [1.29, 1.82) is 0 Å². The highest BCUT2D eigenvalue weighted by molar-refractivity contribution is 5.79. The molecule has 0 aromatic heterocycles. The van der Waals surface area contributed by atoms with Gasteiger partial charge in [-0.1, -0.05) is 0 Å². The van der Waals surface area contributed by atoms with Gasteiger partial charge < -0.3 is 10.6 Å². The largest absolute Gasteiger partial charge is 0.354 e. The van der Waals surface area contributed by atoms with Crippen molar-refractivity contribution in [2.45, 2.75) is 45.2 Å². The molecule has 98 valence electrons. The third-order valence-electron chi connectivity index (χ3n) is 4.20. The molecule has 17 heavy (non-hydrogen) atoms. The molecule has 0 bridgehead atoms. The zero-order chi connectivity index (χ0) is 12.3. The lowest BCUT2D eigenvalue weighted by Crippen LogP contribution is -2.44. The topological polar surface area (TPSA) is 44.4 Å². The van der Waals surface area contributed by atoms with Crippen LogP contribution in [0.3, 0.4) is 0 Å². The van der Waals surface area contributed by atoms with E-state index in [1.807, 2.05) is 0 Å². The number of carbonyl (C=O) groups is 1. The summed E-state index contributed by atoms with van der Waals surface area (Å²) in [6.45, 7) is 8.46. The highest BCUT2D eigenvalue weighted by Crippen LogP contribution is 2.15. The van der Waals surface area contributed by atoms with E-state index in [-0.39, 0.29) is 11.8 Å². The lowest BCUT2D eigenvalue weighted by Gasteiger charge is -2.25. The van der Waals surface area contributed by atoms with Crippen LogP contribution in [0.4, 0.5) is 0 Å². The van der Waals surface area contributed by atoms with Crippen LogP contribution in [0.2, 0.25) is 0 Å². The zero-order valence-electron chi connectivity index (χ0n) is 11.0. The van der Waals surface area contributed by atoms with E-state index in [4.69, 9.17) is 0 Å². The van der Waals surface area contributed by atoms with Gasteiger partial charge >= 0.3 is 0 Å². The number of hydrogen-bond acceptors (Lipinski definition) is 3. The van der Waals surface area contributed by atoms with Gasteiger partial charge in [-0.3, -0.25) is 9.69 Å². The lowest BCUT2D eigenvalue weighted by molar-refractivity contribution is -0.125. The van der Waals surface area contributed by atoms with Gasteiger partial charge in [0.2, 0.25) is 5.91 Å². The molecular formula is C13H25N3O. The summed E-state index contributed by atoms with van der Waals surface area (Å²) in [5.41, 5.74) is 0. The number of likely N-dealkylation sites (tertiary alicyclic amines) is 1. The van der Waals surface area contributed by atoms with Crippen molar-refractivity contribution in [2.24, 2.45) is 5.92 Å². The van der Waals surface area contributed by atoms with Gasteiger partial charge in [0, 0.05) is 18.6 Å². The van der Waals surface area contributed by atoms with Gasteiger partial charge in [0.1, 0.15) is 0 Å². The predicted octanol–water partition coefficient (Wildman–Crippen LogP) is 0.585. The Morgan fingerprint density at radius 1 is 1.47 bits per heavy atom. The van der Waals surface area contributed by atoms with Crippen molar-refractivity contribution in [1.82, 2.24) is 15.5 Å². The Labute approximate surface area is 104 Å². The highest BCUT2D eigenvalue weighted by Gasteiger charge is 2.29. The Morgan fingerprint density at radius 2 is 2.18 bits per heavy atom. The van der Waals surface area contributed by atoms with Crippen molar-refractivity contribution < 1.29 is 4.79 Å². The van der Waals surface area contributed by atoms with E-state index in [9.17, 15) is 4.79 Å². The molecule has 2 N–H and O–H groups in total. The summed E-state index contributed by atoms with van der Waals surface area (Å²) in [6.07, 6.45) is 3.59. The standard InChI is InChI=1S/C13H25N3O/c1-10(16-7-3-4-8-16)9-15-13(17)12-5-6-14-11(12)2/h10-12,14H,3-9H2,1-2H3,(H,15,17). The van der Waals surface area contributed by atoms with Crippen LogP contribution in [0.25, 0.3) is 0 Å². The molecule has 2 aliphatic rings. The molecule has 0 aliphatic carbocycles. The van der Waals surface area contributed by atoms with Crippen molar-refractivity contribution >= 4 is 5.91 Å². The second-order valence-electron chi connectivity index (χ2n) is 5.48. The van der Waals surface area contributed by atoms with Crippen LogP contribution in [0.15, 0.2) is 0 Å². The minimum absolute atomic E-state index is 0.167. The maximum absolute atomic E-state index is 12.0. The first-order valence-corrected chi connectivity index (χ1v) is 6.93. The molecule has 0 saturated carbocycles. The predicted molar refractivity (Wildman–Crippen MR) is 68.9 cm³/mol. The molecule has 2 heterocycles. The van der Waals surface area contributed by atoms with Gasteiger partial charge in [0.15, 0.2) is 0 Å². The van der Waals surface area contributed by atoms with E-state index in [1.54, 1.807) is 0 Å². The molecule has 4 nitrogen and oxygen atoms in total. The second-order valence-corrected chi connectivity index (χ2v) is 5.48. The molecular weight excluding hydrogens is 214 g/mol. The van der Waals surface area contributed by atoms with E-state index < -0.39 is 0 Å². The Morgan fingerprint density at radius 3 is 2.76 bits per heavy atom. The van der Waals surface area contributed by atoms with Crippen LogP contribution < -0.4 is 10.6 Å². The minimum atomic E-state index is 0.167. The van der Waals surface area contributed by atoms with Crippen molar-refractivity contribution in [3.63, 3.8) is 0 Å². The SMILES string of the molecule is CC1NCCC1C(=O)NCC(C)N1CCCC1. The van der Waals surface area contributed by atoms with Gasteiger partial charge in [0.05, 0.1) is 5.92 Å². The van der Waals surface area contributed by atoms with Crippen LogP contribution >= 0.6 is 0 Å². The number of hydrogen-bond donors (Lipinski definition) is 2. The lowest BCUT2D eigenvalue weighted by atomic mass is 10.0. The molecule has 3 unspecified atom stereocenters. The Hall–Kier alpha value is -0.610.